The molecule has 2 aliphatic carbocycles. The van der Waals surface area contributed by atoms with Crippen molar-refractivity contribution in [2.24, 2.45) is 28.5 Å². The number of hydrogen-bond donors (Lipinski definition) is 3. The van der Waals surface area contributed by atoms with Gasteiger partial charge in [0.15, 0.2) is 0 Å². The standard InChI is InChI=1S/C30H38N6/c1-5-25(9-7-15-32)27-19-34-30(35-26-12-10-23(18-33)11-13-26)22(4)29(27)36-28-20(2)16-24(8-6-14-31)17-21(28)3/h6-12,15-16,19,22,24,26-27,29-30,35-36H,5,13,17,32H2,1-4H3/b8-6+,15-7-,25-9+/t22?,24?,26?,27?,29?,30-/m1/s1. The number of nitriles is 2. The van der Waals surface area contributed by atoms with E-state index in [4.69, 9.17) is 21.2 Å². The summed E-state index contributed by atoms with van der Waals surface area (Å²) in [6.45, 7) is 8.75. The summed E-state index contributed by atoms with van der Waals surface area (Å²) in [6, 6.07) is 4.60. The van der Waals surface area contributed by atoms with E-state index in [1.54, 1.807) is 12.3 Å². The van der Waals surface area contributed by atoms with E-state index in [1.165, 1.54) is 22.4 Å². The van der Waals surface area contributed by atoms with Gasteiger partial charge in [-0.2, -0.15) is 10.5 Å². The number of aliphatic imine (C=N–C) groups is 1. The second kappa shape index (κ2) is 12.9. The summed E-state index contributed by atoms with van der Waals surface area (Å²) in [7, 11) is 0. The topological polar surface area (TPSA) is 110 Å². The average Bonchev–Trinajstić information content (AvgIpc) is 2.88. The van der Waals surface area contributed by atoms with Crippen molar-refractivity contribution < 1.29 is 0 Å². The molecule has 6 heteroatoms. The molecule has 0 radical (unpaired) electrons. The highest BCUT2D eigenvalue weighted by Gasteiger charge is 2.37. The van der Waals surface area contributed by atoms with Gasteiger partial charge in [0.2, 0.25) is 0 Å². The van der Waals surface area contributed by atoms with Crippen LogP contribution in [0.15, 0.2) is 87.8 Å². The van der Waals surface area contributed by atoms with Crippen molar-refractivity contribution in [2.75, 3.05) is 0 Å². The van der Waals surface area contributed by atoms with Gasteiger partial charge in [0.05, 0.1) is 12.1 Å². The van der Waals surface area contributed by atoms with Gasteiger partial charge in [-0.15, -0.1) is 0 Å². The Morgan fingerprint density at radius 3 is 2.72 bits per heavy atom. The fraction of sp³-hybridized carbons (Fsp3) is 0.433. The largest absolute Gasteiger partial charge is 0.405 e. The number of hydrogen-bond acceptors (Lipinski definition) is 6. The van der Waals surface area contributed by atoms with Gasteiger partial charge in [0, 0.05) is 53.4 Å². The van der Waals surface area contributed by atoms with Crippen LogP contribution in [0.5, 0.6) is 0 Å². The maximum absolute atomic E-state index is 9.13. The Morgan fingerprint density at radius 2 is 2.11 bits per heavy atom. The minimum Gasteiger partial charge on any atom is -0.405 e. The van der Waals surface area contributed by atoms with Gasteiger partial charge >= 0.3 is 0 Å². The van der Waals surface area contributed by atoms with E-state index in [0.717, 1.165) is 19.3 Å². The van der Waals surface area contributed by atoms with Crippen LogP contribution in [0.2, 0.25) is 0 Å². The molecule has 0 aromatic carbocycles. The molecule has 0 saturated carbocycles. The minimum atomic E-state index is -0.0475. The summed E-state index contributed by atoms with van der Waals surface area (Å²) in [5.41, 5.74) is 11.3. The summed E-state index contributed by atoms with van der Waals surface area (Å²) in [6.07, 6.45) is 21.9. The lowest BCUT2D eigenvalue weighted by atomic mass is 9.78. The molecule has 1 heterocycles. The van der Waals surface area contributed by atoms with Crippen LogP contribution in [0, 0.1) is 40.4 Å². The molecule has 1 aliphatic heterocycles. The Morgan fingerprint density at radius 1 is 1.31 bits per heavy atom. The fourth-order valence-electron chi connectivity index (χ4n) is 5.32. The summed E-state index contributed by atoms with van der Waals surface area (Å²) in [4.78, 5) is 4.97. The highest BCUT2D eigenvalue weighted by molar-refractivity contribution is 5.68. The highest BCUT2D eigenvalue weighted by Crippen LogP contribution is 2.34. The van der Waals surface area contributed by atoms with Gasteiger partial charge < -0.3 is 11.1 Å². The van der Waals surface area contributed by atoms with E-state index in [9.17, 15) is 0 Å². The number of nitrogens with one attached hydrogen (secondary N) is 2. The maximum atomic E-state index is 9.13. The van der Waals surface area contributed by atoms with Crippen LogP contribution in [-0.2, 0) is 0 Å². The van der Waals surface area contributed by atoms with E-state index in [0.29, 0.717) is 5.57 Å². The smallest absolute Gasteiger partial charge is 0.104 e. The molecule has 3 rings (SSSR count). The van der Waals surface area contributed by atoms with Crippen LogP contribution >= 0.6 is 0 Å². The third kappa shape index (κ3) is 6.53. The van der Waals surface area contributed by atoms with Gasteiger partial charge in [-0.05, 0) is 62.6 Å². The Balaban J connectivity index is 1.88. The Hall–Kier alpha value is -3.61. The lowest BCUT2D eigenvalue weighted by Crippen LogP contribution is -2.54. The van der Waals surface area contributed by atoms with Crippen LogP contribution in [0.1, 0.15) is 47.0 Å². The van der Waals surface area contributed by atoms with Crippen molar-refractivity contribution in [3.8, 4) is 12.1 Å². The molecule has 6 nitrogen and oxygen atoms in total. The highest BCUT2D eigenvalue weighted by atomic mass is 15.1. The summed E-state index contributed by atoms with van der Waals surface area (Å²) in [5, 5.41) is 25.7. The molecule has 4 N–H and O–H groups in total. The van der Waals surface area contributed by atoms with Crippen molar-refractivity contribution in [3.63, 3.8) is 0 Å². The second-order valence-electron chi connectivity index (χ2n) is 9.78. The van der Waals surface area contributed by atoms with Crippen molar-refractivity contribution in [1.82, 2.24) is 10.6 Å². The van der Waals surface area contributed by atoms with E-state index in [2.05, 4.69) is 74.9 Å². The number of rotatable bonds is 8. The third-order valence-corrected chi connectivity index (χ3v) is 7.29. The molecule has 188 valence electrons. The second-order valence-corrected chi connectivity index (χ2v) is 9.78. The molecule has 0 saturated heterocycles. The van der Waals surface area contributed by atoms with Crippen LogP contribution in [-0.4, -0.2) is 24.5 Å². The zero-order valence-electron chi connectivity index (χ0n) is 21.8. The molecule has 0 bridgehead atoms. The first-order valence-corrected chi connectivity index (χ1v) is 12.8. The predicted molar refractivity (Wildman–Crippen MR) is 147 cm³/mol. The number of nitrogens with zero attached hydrogens (tertiary/aromatic N) is 3. The Labute approximate surface area is 216 Å². The zero-order chi connectivity index (χ0) is 26.1. The fourth-order valence-corrected chi connectivity index (χ4v) is 5.32. The Kier molecular flexibility index (Phi) is 9.68. The predicted octanol–water partition coefficient (Wildman–Crippen LogP) is 5.10. The summed E-state index contributed by atoms with van der Waals surface area (Å²) < 4.78 is 0. The molecule has 5 unspecified atom stereocenters. The third-order valence-electron chi connectivity index (χ3n) is 7.29. The quantitative estimate of drug-likeness (QED) is 0.329. The first-order valence-electron chi connectivity index (χ1n) is 12.8. The minimum absolute atomic E-state index is 0.0475. The molecule has 0 spiro atoms. The first-order chi connectivity index (χ1) is 17.4. The maximum Gasteiger partial charge on any atom is 0.104 e. The lowest BCUT2D eigenvalue weighted by molar-refractivity contribution is 0.257. The monoisotopic (exact) mass is 482 g/mol. The van der Waals surface area contributed by atoms with Gasteiger partial charge in [-0.25, -0.2) is 0 Å². The molecule has 0 fully saturated rings. The molecule has 6 atom stereocenters. The first kappa shape index (κ1) is 27.0. The van der Waals surface area contributed by atoms with Crippen molar-refractivity contribution in [1.29, 1.82) is 10.5 Å². The lowest BCUT2D eigenvalue weighted by Gasteiger charge is -2.42. The van der Waals surface area contributed by atoms with Crippen LogP contribution in [0.4, 0.5) is 0 Å². The Bertz CT molecular complexity index is 1130. The molecular weight excluding hydrogens is 444 g/mol. The van der Waals surface area contributed by atoms with Crippen LogP contribution < -0.4 is 16.4 Å². The van der Waals surface area contributed by atoms with Crippen molar-refractivity contribution in [2.45, 2.75) is 65.2 Å². The molecule has 36 heavy (non-hydrogen) atoms. The van der Waals surface area contributed by atoms with Gasteiger partial charge in [-0.1, -0.05) is 49.8 Å². The van der Waals surface area contributed by atoms with Crippen LogP contribution in [0.25, 0.3) is 0 Å². The van der Waals surface area contributed by atoms with E-state index < -0.39 is 0 Å². The molecular formula is C30H38N6. The molecule has 0 aromatic heterocycles. The van der Waals surface area contributed by atoms with Crippen LogP contribution in [0.3, 0.4) is 0 Å². The zero-order valence-corrected chi connectivity index (χ0v) is 21.8. The molecule has 0 aromatic rings. The molecule has 0 amide bonds. The SMILES string of the molecule is CC/C(=C\C=C/N)C1C=N[C@H](NC2C=CC(C#N)=CC2)C(C)C1NC1=C(C)CC(/C=C/C#N)C=C1C. The van der Waals surface area contributed by atoms with E-state index >= 15 is 0 Å². The summed E-state index contributed by atoms with van der Waals surface area (Å²) in [5.74, 6) is 0.586. The van der Waals surface area contributed by atoms with E-state index in [-0.39, 0.29) is 36.0 Å². The normalized spacial score (nSPS) is 30.8. The van der Waals surface area contributed by atoms with Crippen molar-refractivity contribution in [3.05, 3.63) is 82.8 Å². The number of nitrogens with two attached hydrogens (primary N) is 1. The van der Waals surface area contributed by atoms with Gasteiger partial charge in [-0.3, -0.25) is 10.3 Å². The van der Waals surface area contributed by atoms with E-state index in [1.807, 2.05) is 24.3 Å². The van der Waals surface area contributed by atoms with Crippen molar-refractivity contribution >= 4 is 6.21 Å². The average molecular weight is 483 g/mol. The molecule has 3 aliphatic rings. The van der Waals surface area contributed by atoms with Gasteiger partial charge in [0.25, 0.3) is 0 Å². The van der Waals surface area contributed by atoms with Gasteiger partial charge in [0.1, 0.15) is 6.17 Å². The number of allylic oxidation sites excluding steroid dienone is 9. The summed E-state index contributed by atoms with van der Waals surface area (Å²) >= 11 is 0.